The maximum atomic E-state index is 12.5. The fraction of sp³-hybridized carbons (Fsp3) is 0.316. The Kier molecular flexibility index (Phi) is 4.63. The Morgan fingerprint density at radius 1 is 1.13 bits per heavy atom. The average Bonchev–Trinajstić information content (AvgIpc) is 2.98. The molecule has 2 atom stereocenters. The summed E-state index contributed by atoms with van der Waals surface area (Å²) in [5.41, 5.74) is 8.46. The summed E-state index contributed by atoms with van der Waals surface area (Å²) in [5.74, 6) is 1.15. The zero-order chi connectivity index (χ0) is 16.2. The first-order valence-corrected chi connectivity index (χ1v) is 7.88. The van der Waals surface area contributed by atoms with E-state index in [1.165, 1.54) is 5.56 Å². The van der Waals surface area contributed by atoms with Gasteiger partial charge in [-0.2, -0.15) is 0 Å². The van der Waals surface area contributed by atoms with Gasteiger partial charge in [0.1, 0.15) is 5.75 Å². The summed E-state index contributed by atoms with van der Waals surface area (Å²) in [4.78, 5) is 14.4. The highest BCUT2D eigenvalue weighted by Gasteiger charge is 2.33. The number of methoxy groups -OCH3 is 1. The Hall–Kier alpha value is -2.33. The molecule has 2 N–H and O–H groups in total. The number of carbonyl (C=O) groups excluding carboxylic acids is 1. The highest BCUT2D eigenvalue weighted by Crippen LogP contribution is 2.26. The van der Waals surface area contributed by atoms with Crippen molar-refractivity contribution in [2.45, 2.75) is 18.4 Å². The third kappa shape index (κ3) is 3.54. The second-order valence-electron chi connectivity index (χ2n) is 6.00. The van der Waals surface area contributed by atoms with Gasteiger partial charge in [0.2, 0.25) is 5.91 Å². The molecule has 0 bridgehead atoms. The zero-order valence-electron chi connectivity index (χ0n) is 13.3. The second-order valence-corrected chi connectivity index (χ2v) is 6.00. The lowest BCUT2D eigenvalue weighted by atomic mass is 9.95. The van der Waals surface area contributed by atoms with E-state index in [1.54, 1.807) is 7.11 Å². The molecule has 1 aliphatic heterocycles. The summed E-state index contributed by atoms with van der Waals surface area (Å²) >= 11 is 0. The number of ether oxygens (including phenoxy) is 1. The maximum Gasteiger partial charge on any atom is 0.227 e. The van der Waals surface area contributed by atoms with E-state index in [0.29, 0.717) is 19.5 Å². The van der Waals surface area contributed by atoms with E-state index in [2.05, 4.69) is 12.1 Å². The summed E-state index contributed by atoms with van der Waals surface area (Å²) in [6, 6.07) is 17.8. The number of likely N-dealkylation sites (tertiary alicyclic amines) is 1. The van der Waals surface area contributed by atoms with Crippen molar-refractivity contribution in [1.29, 1.82) is 0 Å². The highest BCUT2D eigenvalue weighted by atomic mass is 16.5. The fourth-order valence-corrected chi connectivity index (χ4v) is 3.12. The van der Waals surface area contributed by atoms with Gasteiger partial charge < -0.3 is 15.4 Å². The molecule has 1 fully saturated rings. The van der Waals surface area contributed by atoms with E-state index in [9.17, 15) is 4.79 Å². The monoisotopic (exact) mass is 310 g/mol. The van der Waals surface area contributed by atoms with Crippen molar-refractivity contribution in [2.24, 2.45) is 5.73 Å². The zero-order valence-corrected chi connectivity index (χ0v) is 13.3. The molecule has 0 aliphatic carbocycles. The third-order valence-corrected chi connectivity index (χ3v) is 4.46. The predicted molar refractivity (Wildman–Crippen MR) is 90.4 cm³/mol. The number of rotatable bonds is 4. The largest absolute Gasteiger partial charge is 0.497 e. The minimum absolute atomic E-state index is 0.00258. The van der Waals surface area contributed by atoms with Gasteiger partial charge in [0.25, 0.3) is 0 Å². The van der Waals surface area contributed by atoms with E-state index in [4.69, 9.17) is 10.5 Å². The summed E-state index contributed by atoms with van der Waals surface area (Å²) in [6.45, 7) is 1.31. The first-order valence-electron chi connectivity index (χ1n) is 7.88. The molecule has 1 saturated heterocycles. The van der Waals surface area contributed by atoms with Gasteiger partial charge in [-0.05, 0) is 23.3 Å². The molecule has 1 heterocycles. The van der Waals surface area contributed by atoms with Gasteiger partial charge in [-0.25, -0.2) is 0 Å². The van der Waals surface area contributed by atoms with Crippen LogP contribution in [-0.4, -0.2) is 37.0 Å². The number of carbonyl (C=O) groups is 1. The van der Waals surface area contributed by atoms with Crippen LogP contribution in [0.1, 0.15) is 17.0 Å². The first-order chi connectivity index (χ1) is 11.2. The quantitative estimate of drug-likeness (QED) is 0.942. The molecule has 2 aromatic rings. The smallest absolute Gasteiger partial charge is 0.227 e. The van der Waals surface area contributed by atoms with Crippen LogP contribution in [0.2, 0.25) is 0 Å². The average molecular weight is 310 g/mol. The molecular weight excluding hydrogens is 288 g/mol. The van der Waals surface area contributed by atoms with Gasteiger partial charge >= 0.3 is 0 Å². The van der Waals surface area contributed by atoms with Gasteiger partial charge in [-0.3, -0.25) is 4.79 Å². The number of benzene rings is 2. The van der Waals surface area contributed by atoms with Gasteiger partial charge in [0.05, 0.1) is 13.5 Å². The maximum absolute atomic E-state index is 12.5. The molecule has 0 aromatic heterocycles. The molecule has 2 aromatic carbocycles. The Morgan fingerprint density at radius 2 is 1.83 bits per heavy atom. The first kappa shape index (κ1) is 15.6. The van der Waals surface area contributed by atoms with E-state index < -0.39 is 0 Å². The molecule has 0 saturated carbocycles. The normalized spacial score (nSPS) is 20.5. The summed E-state index contributed by atoms with van der Waals surface area (Å²) < 4.78 is 5.14. The molecule has 1 aliphatic rings. The van der Waals surface area contributed by atoms with Crippen molar-refractivity contribution in [3.8, 4) is 5.75 Å². The Balaban J connectivity index is 1.64. The molecular formula is C19H22N2O2. The lowest BCUT2D eigenvalue weighted by Gasteiger charge is -2.16. The van der Waals surface area contributed by atoms with Crippen LogP contribution in [0.25, 0.3) is 0 Å². The van der Waals surface area contributed by atoms with Crippen molar-refractivity contribution < 1.29 is 9.53 Å². The molecule has 3 rings (SSSR count). The molecule has 23 heavy (non-hydrogen) atoms. The number of hydrogen-bond donors (Lipinski definition) is 1. The van der Waals surface area contributed by atoms with Gasteiger partial charge in [-0.15, -0.1) is 0 Å². The van der Waals surface area contributed by atoms with Crippen LogP contribution in [0.5, 0.6) is 5.75 Å². The Bertz CT molecular complexity index is 655. The molecule has 120 valence electrons. The number of amides is 1. The van der Waals surface area contributed by atoms with Crippen molar-refractivity contribution in [2.75, 3.05) is 20.2 Å². The van der Waals surface area contributed by atoms with Crippen LogP contribution < -0.4 is 10.5 Å². The van der Waals surface area contributed by atoms with Gasteiger partial charge in [0.15, 0.2) is 0 Å². The second kappa shape index (κ2) is 6.84. The predicted octanol–water partition coefficient (Wildman–Crippen LogP) is 2.19. The summed E-state index contributed by atoms with van der Waals surface area (Å²) in [5, 5.41) is 0. The van der Waals surface area contributed by atoms with Crippen molar-refractivity contribution in [3.05, 3.63) is 65.7 Å². The Morgan fingerprint density at radius 3 is 2.48 bits per heavy atom. The lowest BCUT2D eigenvalue weighted by Crippen LogP contribution is -2.33. The van der Waals surface area contributed by atoms with Gasteiger partial charge in [-0.1, -0.05) is 42.5 Å². The lowest BCUT2D eigenvalue weighted by molar-refractivity contribution is -0.129. The van der Waals surface area contributed by atoms with E-state index in [-0.39, 0.29) is 17.9 Å². The minimum atomic E-state index is -0.00258. The van der Waals surface area contributed by atoms with Crippen molar-refractivity contribution in [1.82, 2.24) is 4.90 Å². The van der Waals surface area contributed by atoms with Crippen molar-refractivity contribution in [3.63, 3.8) is 0 Å². The number of nitrogens with zero attached hydrogens (tertiary/aromatic N) is 1. The summed E-state index contributed by atoms with van der Waals surface area (Å²) in [6.07, 6.45) is 0.401. The summed E-state index contributed by atoms with van der Waals surface area (Å²) in [7, 11) is 1.63. The molecule has 4 heteroatoms. The van der Waals surface area contributed by atoms with Crippen LogP contribution >= 0.6 is 0 Å². The highest BCUT2D eigenvalue weighted by molar-refractivity contribution is 5.79. The fourth-order valence-electron chi connectivity index (χ4n) is 3.12. The van der Waals surface area contributed by atoms with E-state index >= 15 is 0 Å². The number of hydrogen-bond acceptors (Lipinski definition) is 3. The molecule has 0 radical (unpaired) electrons. The van der Waals surface area contributed by atoms with E-state index in [1.807, 2.05) is 47.4 Å². The molecule has 0 unspecified atom stereocenters. The van der Waals surface area contributed by atoms with Crippen LogP contribution in [0, 0.1) is 0 Å². The topological polar surface area (TPSA) is 55.6 Å². The third-order valence-electron chi connectivity index (χ3n) is 4.46. The SMILES string of the molecule is COc1ccc(CC(=O)N2C[C@@H](N)[C@H](c3ccccc3)C2)cc1. The van der Waals surface area contributed by atoms with Crippen molar-refractivity contribution >= 4 is 5.91 Å². The van der Waals surface area contributed by atoms with Gasteiger partial charge in [0, 0.05) is 25.0 Å². The minimum Gasteiger partial charge on any atom is -0.497 e. The van der Waals surface area contributed by atoms with Crippen LogP contribution in [0.15, 0.2) is 54.6 Å². The standard InChI is InChI=1S/C19H22N2O2/c1-23-16-9-7-14(8-10-16)11-19(22)21-12-17(18(20)13-21)15-5-3-2-4-6-15/h2-10,17-18H,11-13,20H2,1H3/t17-,18+/m0/s1. The van der Waals surface area contributed by atoms with Crippen LogP contribution in [-0.2, 0) is 11.2 Å². The Labute approximate surface area is 136 Å². The molecule has 1 amide bonds. The molecule has 4 nitrogen and oxygen atoms in total. The molecule has 0 spiro atoms. The number of nitrogens with two attached hydrogens (primary N) is 1. The van der Waals surface area contributed by atoms with Crippen LogP contribution in [0.3, 0.4) is 0 Å². The van der Waals surface area contributed by atoms with E-state index in [0.717, 1.165) is 11.3 Å². The van der Waals surface area contributed by atoms with Crippen LogP contribution in [0.4, 0.5) is 0 Å².